The average Bonchev–Trinajstić information content (AvgIpc) is 2.60. The van der Waals surface area contributed by atoms with E-state index >= 15 is 0 Å². The van der Waals surface area contributed by atoms with Gasteiger partial charge in [-0.2, -0.15) is 0 Å². The van der Waals surface area contributed by atoms with Crippen LogP contribution in [0, 0.1) is 5.92 Å². The lowest BCUT2D eigenvalue weighted by Gasteiger charge is -2.19. The number of carbonyl (C=O) groups excluding carboxylic acids is 1. The summed E-state index contributed by atoms with van der Waals surface area (Å²) in [6.07, 6.45) is 0.777. The van der Waals surface area contributed by atoms with Gasteiger partial charge < -0.3 is 16.2 Å². The molecule has 2 aromatic carbocycles. The molecule has 0 radical (unpaired) electrons. The quantitative estimate of drug-likeness (QED) is 0.685. The molecule has 0 unspecified atom stereocenters. The Morgan fingerprint density at radius 1 is 1.12 bits per heavy atom. The molecule has 0 saturated carbocycles. The molecule has 4 N–H and O–H groups in total. The Balaban J connectivity index is 2.32. The molecule has 0 bridgehead atoms. The maximum absolute atomic E-state index is 12.4. The van der Waals surface area contributed by atoms with E-state index in [0.717, 1.165) is 28.7 Å². The molecule has 0 aliphatic rings. The van der Waals surface area contributed by atoms with Crippen LogP contribution in [0.2, 0.25) is 0 Å². The summed E-state index contributed by atoms with van der Waals surface area (Å²) >= 11 is 0. The van der Waals surface area contributed by atoms with Crippen LogP contribution in [0.3, 0.4) is 0 Å². The Kier molecular flexibility index (Phi) is 6.53. The topological polar surface area (TPSA) is 75.4 Å². The van der Waals surface area contributed by atoms with E-state index in [9.17, 15) is 4.79 Å². The number of nitrogens with two attached hydrogens (primary N) is 1. The van der Waals surface area contributed by atoms with Gasteiger partial charge in [-0.1, -0.05) is 62.4 Å². The summed E-state index contributed by atoms with van der Waals surface area (Å²) in [5.74, 6) is 0.176. The van der Waals surface area contributed by atoms with Crippen molar-refractivity contribution < 1.29 is 9.90 Å². The van der Waals surface area contributed by atoms with E-state index in [-0.39, 0.29) is 25.1 Å². The molecule has 128 valence electrons. The molecule has 0 heterocycles. The van der Waals surface area contributed by atoms with E-state index in [1.165, 1.54) is 0 Å². The summed E-state index contributed by atoms with van der Waals surface area (Å²) < 4.78 is 0. The van der Waals surface area contributed by atoms with E-state index in [2.05, 4.69) is 25.2 Å². The molecule has 0 aliphatic carbocycles. The molecular weight excluding hydrogens is 300 g/mol. The van der Waals surface area contributed by atoms with E-state index in [4.69, 9.17) is 10.8 Å². The van der Waals surface area contributed by atoms with Crippen LogP contribution in [-0.4, -0.2) is 17.7 Å². The van der Waals surface area contributed by atoms with E-state index in [1.54, 1.807) is 0 Å². The molecule has 1 amide bonds. The summed E-state index contributed by atoms with van der Waals surface area (Å²) in [6, 6.07) is 15.9. The summed E-state index contributed by atoms with van der Waals surface area (Å²) in [4.78, 5) is 12.4. The Morgan fingerprint density at radius 2 is 1.83 bits per heavy atom. The van der Waals surface area contributed by atoms with Gasteiger partial charge in [0.05, 0.1) is 19.2 Å². The van der Waals surface area contributed by atoms with Crippen LogP contribution in [-0.2, 0) is 11.4 Å². The number of nitrogens with one attached hydrogen (secondary N) is 1. The van der Waals surface area contributed by atoms with Crippen molar-refractivity contribution in [3.8, 4) is 11.1 Å². The molecular formula is C20H26N2O2. The zero-order valence-electron chi connectivity index (χ0n) is 14.3. The van der Waals surface area contributed by atoms with Crippen LogP contribution in [0.15, 0.2) is 48.5 Å². The first-order valence-corrected chi connectivity index (χ1v) is 8.33. The highest BCUT2D eigenvalue weighted by atomic mass is 16.3. The SMILES string of the molecule is CC(C)C[C@@H](C(=O)NCN)c1cccc(-c2ccc(CO)cc2)c1. The van der Waals surface area contributed by atoms with Crippen molar-refractivity contribution in [1.29, 1.82) is 0 Å². The van der Waals surface area contributed by atoms with Gasteiger partial charge in [0.2, 0.25) is 5.91 Å². The summed E-state index contributed by atoms with van der Waals surface area (Å²) in [5, 5.41) is 11.9. The van der Waals surface area contributed by atoms with Gasteiger partial charge in [-0.05, 0) is 34.6 Å². The molecule has 0 spiro atoms. The monoisotopic (exact) mass is 326 g/mol. The van der Waals surface area contributed by atoms with Crippen LogP contribution < -0.4 is 11.1 Å². The Bertz CT molecular complexity index is 666. The highest BCUT2D eigenvalue weighted by Crippen LogP contribution is 2.28. The normalized spacial score (nSPS) is 12.2. The van der Waals surface area contributed by atoms with Gasteiger partial charge >= 0.3 is 0 Å². The number of carbonyl (C=O) groups is 1. The predicted octanol–water partition coefficient (Wildman–Crippen LogP) is 3.01. The minimum atomic E-state index is -0.204. The van der Waals surface area contributed by atoms with Crippen molar-refractivity contribution in [1.82, 2.24) is 5.32 Å². The van der Waals surface area contributed by atoms with Gasteiger partial charge in [-0.15, -0.1) is 0 Å². The van der Waals surface area contributed by atoms with Crippen LogP contribution >= 0.6 is 0 Å². The zero-order valence-corrected chi connectivity index (χ0v) is 14.3. The minimum absolute atomic E-state index is 0.0287. The fraction of sp³-hybridized carbons (Fsp3) is 0.350. The van der Waals surface area contributed by atoms with Crippen molar-refractivity contribution in [3.05, 3.63) is 59.7 Å². The number of aliphatic hydroxyl groups excluding tert-OH is 1. The second-order valence-electron chi connectivity index (χ2n) is 6.41. The first-order chi connectivity index (χ1) is 11.5. The molecule has 2 rings (SSSR count). The van der Waals surface area contributed by atoms with Crippen LogP contribution in [0.5, 0.6) is 0 Å². The first-order valence-electron chi connectivity index (χ1n) is 8.33. The second kappa shape index (κ2) is 8.62. The van der Waals surface area contributed by atoms with E-state index in [0.29, 0.717) is 5.92 Å². The Labute approximate surface area is 143 Å². The highest BCUT2D eigenvalue weighted by molar-refractivity contribution is 5.84. The molecule has 4 heteroatoms. The maximum atomic E-state index is 12.4. The van der Waals surface area contributed by atoms with Crippen molar-refractivity contribution in [2.75, 3.05) is 6.67 Å². The zero-order chi connectivity index (χ0) is 17.5. The summed E-state index contributed by atoms with van der Waals surface area (Å²) in [5.41, 5.74) is 9.48. The fourth-order valence-electron chi connectivity index (χ4n) is 2.83. The largest absolute Gasteiger partial charge is 0.392 e. The third-order valence-electron chi connectivity index (χ3n) is 4.06. The number of rotatable bonds is 7. The van der Waals surface area contributed by atoms with Gasteiger partial charge in [0.15, 0.2) is 0 Å². The predicted molar refractivity (Wildman–Crippen MR) is 97.2 cm³/mol. The van der Waals surface area contributed by atoms with Crippen molar-refractivity contribution in [3.63, 3.8) is 0 Å². The third kappa shape index (κ3) is 4.66. The summed E-state index contributed by atoms with van der Waals surface area (Å²) in [7, 11) is 0. The minimum Gasteiger partial charge on any atom is -0.392 e. The third-order valence-corrected chi connectivity index (χ3v) is 4.06. The number of aliphatic hydroxyl groups is 1. The average molecular weight is 326 g/mol. The summed E-state index contributed by atoms with van der Waals surface area (Å²) in [6.45, 7) is 4.41. The molecule has 2 aromatic rings. The maximum Gasteiger partial charge on any atom is 0.228 e. The highest BCUT2D eigenvalue weighted by Gasteiger charge is 2.21. The van der Waals surface area contributed by atoms with Crippen LogP contribution in [0.1, 0.15) is 37.3 Å². The first kappa shape index (κ1) is 18.2. The lowest BCUT2D eigenvalue weighted by atomic mass is 9.88. The molecule has 0 saturated heterocycles. The number of hydrogen-bond donors (Lipinski definition) is 3. The van der Waals surface area contributed by atoms with Gasteiger partial charge in [0, 0.05) is 0 Å². The number of benzene rings is 2. The molecule has 24 heavy (non-hydrogen) atoms. The van der Waals surface area contributed by atoms with Gasteiger partial charge in [0.25, 0.3) is 0 Å². The molecule has 0 aliphatic heterocycles. The molecule has 0 aromatic heterocycles. The number of amides is 1. The lowest BCUT2D eigenvalue weighted by Crippen LogP contribution is -2.34. The molecule has 4 nitrogen and oxygen atoms in total. The molecule has 1 atom stereocenters. The van der Waals surface area contributed by atoms with Crippen molar-refractivity contribution in [2.24, 2.45) is 11.7 Å². The lowest BCUT2D eigenvalue weighted by molar-refractivity contribution is -0.122. The van der Waals surface area contributed by atoms with Crippen LogP contribution in [0.25, 0.3) is 11.1 Å². The smallest absolute Gasteiger partial charge is 0.228 e. The van der Waals surface area contributed by atoms with Gasteiger partial charge in [-0.3, -0.25) is 4.79 Å². The Hall–Kier alpha value is -2.17. The van der Waals surface area contributed by atoms with Gasteiger partial charge in [0.1, 0.15) is 0 Å². The van der Waals surface area contributed by atoms with Crippen LogP contribution in [0.4, 0.5) is 0 Å². The van der Waals surface area contributed by atoms with Crippen molar-refractivity contribution in [2.45, 2.75) is 32.8 Å². The van der Waals surface area contributed by atoms with Crippen molar-refractivity contribution >= 4 is 5.91 Å². The standard InChI is InChI=1S/C20H26N2O2/c1-14(2)10-19(20(24)22-13-21)18-5-3-4-17(11-18)16-8-6-15(12-23)7-9-16/h3-9,11,14,19,23H,10,12-13,21H2,1-2H3,(H,22,24)/t19-/m1/s1. The second-order valence-corrected chi connectivity index (χ2v) is 6.41. The Morgan fingerprint density at radius 3 is 2.42 bits per heavy atom. The van der Waals surface area contributed by atoms with E-state index < -0.39 is 0 Å². The van der Waals surface area contributed by atoms with E-state index in [1.807, 2.05) is 42.5 Å². The van der Waals surface area contributed by atoms with Gasteiger partial charge in [-0.25, -0.2) is 0 Å². The fourth-order valence-corrected chi connectivity index (χ4v) is 2.83. The number of hydrogen-bond acceptors (Lipinski definition) is 3. The molecule has 0 fully saturated rings.